The Balaban J connectivity index is 2.03. The van der Waals surface area contributed by atoms with Gasteiger partial charge in [-0.05, 0) is 18.4 Å². The quantitative estimate of drug-likeness (QED) is 0.783. The van der Waals surface area contributed by atoms with E-state index in [0.29, 0.717) is 0 Å². The molecule has 1 heterocycles. The highest BCUT2D eigenvalue weighted by Crippen LogP contribution is 2.23. The fourth-order valence-corrected chi connectivity index (χ4v) is 1.98. The summed E-state index contributed by atoms with van der Waals surface area (Å²) in [6.07, 6.45) is 1.22. The Bertz CT molecular complexity index is 296. The van der Waals surface area contributed by atoms with Gasteiger partial charge in [-0.3, -0.25) is 0 Å². The van der Waals surface area contributed by atoms with E-state index in [9.17, 15) is 5.11 Å². The van der Waals surface area contributed by atoms with E-state index in [1.54, 1.807) is 0 Å². The van der Waals surface area contributed by atoms with Crippen molar-refractivity contribution in [1.29, 1.82) is 0 Å². The predicted molar refractivity (Wildman–Crippen MR) is 58.4 cm³/mol. The van der Waals surface area contributed by atoms with Gasteiger partial charge in [0.15, 0.2) is 0 Å². The molecular formula is C12H17NO2. The molecular weight excluding hydrogens is 190 g/mol. The lowest BCUT2D eigenvalue weighted by molar-refractivity contribution is -0.0144. The van der Waals surface area contributed by atoms with Crippen molar-refractivity contribution in [3.63, 3.8) is 0 Å². The second-order valence-electron chi connectivity index (χ2n) is 3.98. The highest BCUT2D eigenvalue weighted by atomic mass is 16.5. The van der Waals surface area contributed by atoms with Gasteiger partial charge in [-0.2, -0.15) is 0 Å². The van der Waals surface area contributed by atoms with E-state index in [1.807, 2.05) is 30.3 Å². The minimum atomic E-state index is -0.602. The van der Waals surface area contributed by atoms with Crippen LogP contribution in [0.2, 0.25) is 0 Å². The highest BCUT2D eigenvalue weighted by molar-refractivity contribution is 5.20. The van der Waals surface area contributed by atoms with Crippen molar-refractivity contribution in [2.24, 2.45) is 5.73 Å². The minimum absolute atomic E-state index is 0.0970. The zero-order valence-corrected chi connectivity index (χ0v) is 8.67. The molecule has 3 N–H and O–H groups in total. The van der Waals surface area contributed by atoms with Gasteiger partial charge in [-0.1, -0.05) is 30.3 Å². The second-order valence-corrected chi connectivity index (χ2v) is 3.98. The third kappa shape index (κ3) is 2.37. The van der Waals surface area contributed by atoms with Crippen LogP contribution < -0.4 is 5.73 Å². The molecule has 0 radical (unpaired) electrons. The number of hydrogen-bond donors (Lipinski definition) is 2. The molecule has 3 nitrogen and oxygen atoms in total. The van der Waals surface area contributed by atoms with E-state index in [1.165, 1.54) is 0 Å². The summed E-state index contributed by atoms with van der Waals surface area (Å²) in [5.74, 6) is 0. The van der Waals surface area contributed by atoms with Crippen molar-refractivity contribution in [2.45, 2.75) is 31.1 Å². The Labute approximate surface area is 89.9 Å². The van der Waals surface area contributed by atoms with Crippen LogP contribution in [0.4, 0.5) is 0 Å². The molecule has 0 bridgehead atoms. The smallest absolute Gasteiger partial charge is 0.0993 e. The molecule has 3 heteroatoms. The zero-order chi connectivity index (χ0) is 10.7. The van der Waals surface area contributed by atoms with Gasteiger partial charge in [0.2, 0.25) is 0 Å². The van der Waals surface area contributed by atoms with E-state index >= 15 is 0 Å². The van der Waals surface area contributed by atoms with Gasteiger partial charge in [0.05, 0.1) is 18.2 Å². The van der Waals surface area contributed by atoms with Gasteiger partial charge >= 0.3 is 0 Å². The Morgan fingerprint density at radius 3 is 2.67 bits per heavy atom. The molecule has 1 aliphatic rings. The maximum atomic E-state index is 10.0. The Morgan fingerprint density at radius 2 is 2.07 bits per heavy atom. The number of hydrogen-bond acceptors (Lipinski definition) is 3. The van der Waals surface area contributed by atoms with Crippen LogP contribution in [0.3, 0.4) is 0 Å². The lowest BCUT2D eigenvalue weighted by Crippen LogP contribution is -2.36. The largest absolute Gasteiger partial charge is 0.388 e. The summed E-state index contributed by atoms with van der Waals surface area (Å²) in [6.45, 7) is 0.739. The van der Waals surface area contributed by atoms with Crippen molar-refractivity contribution >= 4 is 0 Å². The first kappa shape index (κ1) is 10.6. The van der Waals surface area contributed by atoms with Crippen molar-refractivity contribution < 1.29 is 9.84 Å². The standard InChI is InChI=1S/C12H17NO2/c13-11(9-5-2-1-3-6-9)12(14)10-7-4-8-15-10/h1-3,5-6,10-12,14H,4,7-8,13H2. The molecule has 3 unspecified atom stereocenters. The van der Waals surface area contributed by atoms with E-state index in [2.05, 4.69) is 0 Å². The molecule has 1 saturated heterocycles. The third-order valence-corrected chi connectivity index (χ3v) is 2.90. The normalized spacial score (nSPS) is 25.1. The lowest BCUT2D eigenvalue weighted by Gasteiger charge is -2.24. The lowest BCUT2D eigenvalue weighted by atomic mass is 9.97. The van der Waals surface area contributed by atoms with Crippen LogP contribution in [-0.4, -0.2) is 23.9 Å². The summed E-state index contributed by atoms with van der Waals surface area (Å²) in [7, 11) is 0. The number of benzene rings is 1. The van der Waals surface area contributed by atoms with E-state index in [0.717, 1.165) is 25.0 Å². The first-order chi connectivity index (χ1) is 7.29. The van der Waals surface area contributed by atoms with Gasteiger partial charge in [0.1, 0.15) is 0 Å². The van der Waals surface area contributed by atoms with Gasteiger partial charge in [0, 0.05) is 6.61 Å². The van der Waals surface area contributed by atoms with Crippen LogP contribution in [0.5, 0.6) is 0 Å². The number of ether oxygens (including phenoxy) is 1. The van der Waals surface area contributed by atoms with Crippen LogP contribution >= 0.6 is 0 Å². The molecule has 82 valence electrons. The van der Waals surface area contributed by atoms with Gasteiger partial charge in [0.25, 0.3) is 0 Å². The molecule has 0 saturated carbocycles. The Morgan fingerprint density at radius 1 is 1.33 bits per heavy atom. The fourth-order valence-electron chi connectivity index (χ4n) is 1.98. The summed E-state index contributed by atoms with van der Waals surface area (Å²) < 4.78 is 5.43. The molecule has 1 aliphatic heterocycles. The van der Waals surface area contributed by atoms with Gasteiger partial charge < -0.3 is 15.6 Å². The number of aliphatic hydroxyl groups excluding tert-OH is 1. The molecule has 0 spiro atoms. The molecule has 0 aromatic heterocycles. The number of nitrogens with two attached hydrogens (primary N) is 1. The van der Waals surface area contributed by atoms with Crippen LogP contribution in [-0.2, 0) is 4.74 Å². The van der Waals surface area contributed by atoms with Crippen LogP contribution in [0.1, 0.15) is 24.4 Å². The first-order valence-electron chi connectivity index (χ1n) is 5.39. The first-order valence-corrected chi connectivity index (χ1v) is 5.39. The molecule has 1 aromatic carbocycles. The van der Waals surface area contributed by atoms with Gasteiger partial charge in [-0.25, -0.2) is 0 Å². The zero-order valence-electron chi connectivity index (χ0n) is 8.67. The monoisotopic (exact) mass is 207 g/mol. The van der Waals surface area contributed by atoms with Crippen molar-refractivity contribution in [3.8, 4) is 0 Å². The maximum Gasteiger partial charge on any atom is 0.0993 e. The van der Waals surface area contributed by atoms with Crippen LogP contribution in [0.15, 0.2) is 30.3 Å². The van der Waals surface area contributed by atoms with E-state index < -0.39 is 6.10 Å². The van der Waals surface area contributed by atoms with E-state index in [4.69, 9.17) is 10.5 Å². The average Bonchev–Trinajstić information content (AvgIpc) is 2.82. The molecule has 0 aliphatic carbocycles. The molecule has 1 aromatic rings. The van der Waals surface area contributed by atoms with Gasteiger partial charge in [-0.15, -0.1) is 0 Å². The predicted octanol–water partition coefficient (Wildman–Crippen LogP) is 1.23. The third-order valence-electron chi connectivity index (χ3n) is 2.90. The number of aliphatic hydroxyl groups is 1. The van der Waals surface area contributed by atoms with Crippen molar-refractivity contribution in [2.75, 3.05) is 6.61 Å². The molecule has 3 atom stereocenters. The van der Waals surface area contributed by atoms with Crippen molar-refractivity contribution in [1.82, 2.24) is 0 Å². The summed E-state index contributed by atoms with van der Waals surface area (Å²) in [6, 6.07) is 9.31. The number of rotatable bonds is 3. The highest BCUT2D eigenvalue weighted by Gasteiger charge is 2.29. The fraction of sp³-hybridized carbons (Fsp3) is 0.500. The van der Waals surface area contributed by atoms with Crippen molar-refractivity contribution in [3.05, 3.63) is 35.9 Å². The Hall–Kier alpha value is -0.900. The topological polar surface area (TPSA) is 55.5 Å². The molecule has 0 amide bonds. The Kier molecular flexibility index (Phi) is 3.36. The summed E-state index contributed by atoms with van der Waals surface area (Å²) in [4.78, 5) is 0. The second kappa shape index (κ2) is 4.75. The van der Waals surface area contributed by atoms with E-state index in [-0.39, 0.29) is 12.1 Å². The molecule has 2 rings (SSSR count). The summed E-state index contributed by atoms with van der Waals surface area (Å²) in [5, 5.41) is 10.0. The van der Waals surface area contributed by atoms with Crippen LogP contribution in [0, 0.1) is 0 Å². The summed E-state index contributed by atoms with van der Waals surface area (Å²) in [5.41, 5.74) is 6.95. The SMILES string of the molecule is NC(c1ccccc1)C(O)C1CCCO1. The summed E-state index contributed by atoms with van der Waals surface area (Å²) >= 11 is 0. The minimum Gasteiger partial charge on any atom is -0.388 e. The molecule has 15 heavy (non-hydrogen) atoms. The molecule has 1 fully saturated rings. The van der Waals surface area contributed by atoms with Crippen LogP contribution in [0.25, 0.3) is 0 Å². The maximum absolute atomic E-state index is 10.0. The average molecular weight is 207 g/mol.